The van der Waals surface area contributed by atoms with Crippen LogP contribution in [0.3, 0.4) is 0 Å². The van der Waals surface area contributed by atoms with Crippen molar-refractivity contribution in [3.63, 3.8) is 0 Å². The minimum absolute atomic E-state index is 0.0164. The molecule has 0 aromatic rings. The van der Waals surface area contributed by atoms with Crippen molar-refractivity contribution in [2.24, 2.45) is 16.6 Å². The number of hydrogen-bond acceptors (Lipinski definition) is 14. The van der Waals surface area contributed by atoms with Gasteiger partial charge in [0.1, 0.15) is 29.6 Å². The third-order valence-electron chi connectivity index (χ3n) is 6.29. The van der Waals surface area contributed by atoms with Gasteiger partial charge in [-0.05, 0) is 32.3 Å². The molecule has 15 nitrogen and oxygen atoms in total. The van der Waals surface area contributed by atoms with E-state index in [1.807, 2.05) is 13.8 Å². The first-order valence-corrected chi connectivity index (χ1v) is 13.9. The number of aliphatic imine (C=N–C) groups is 1. The summed E-state index contributed by atoms with van der Waals surface area (Å²) < 4.78 is 39.9. The van der Waals surface area contributed by atoms with Crippen LogP contribution < -0.4 is 10.8 Å². The van der Waals surface area contributed by atoms with E-state index in [1.54, 1.807) is 13.8 Å². The average Bonchev–Trinajstić information content (AvgIpc) is 3.38. The lowest BCUT2D eigenvalue weighted by atomic mass is 10.0. The second kappa shape index (κ2) is 12.0. The van der Waals surface area contributed by atoms with Crippen LogP contribution in [-0.4, -0.2) is 100 Å². The minimum atomic E-state index is -4.41. The molecule has 216 valence electrons. The first kappa shape index (κ1) is 30.4. The predicted octanol–water partition coefficient (Wildman–Crippen LogP) is -0.689. The largest absolute Gasteiger partial charge is 0.465 e. The summed E-state index contributed by atoms with van der Waals surface area (Å²) in [6.45, 7) is 5.72. The summed E-state index contributed by atoms with van der Waals surface area (Å²) in [5, 5.41) is 34.8. The van der Waals surface area contributed by atoms with Crippen molar-refractivity contribution >= 4 is 25.5 Å². The Morgan fingerprint density at radius 1 is 1.29 bits per heavy atom. The number of aliphatic hydroxyl groups is 3. The van der Waals surface area contributed by atoms with Gasteiger partial charge >= 0.3 is 19.7 Å². The smallest absolute Gasteiger partial charge is 0.406 e. The zero-order valence-electron chi connectivity index (χ0n) is 21.8. The number of carbonyl (C=O) groups excluding carboxylic acids is 2. The third-order valence-corrected chi connectivity index (χ3v) is 7.87. The van der Waals surface area contributed by atoms with E-state index in [0.717, 1.165) is 0 Å². The van der Waals surface area contributed by atoms with Gasteiger partial charge in [-0.1, -0.05) is 13.8 Å². The van der Waals surface area contributed by atoms with Gasteiger partial charge < -0.3 is 40.2 Å². The summed E-state index contributed by atoms with van der Waals surface area (Å²) in [7, 11) is -4.41. The van der Waals surface area contributed by atoms with Crippen molar-refractivity contribution in [1.29, 1.82) is 0 Å². The molecule has 1 aliphatic carbocycles. The fraction of sp³-hybridized carbons (Fsp3) is 0.773. The molecule has 7 unspecified atom stereocenters. The highest BCUT2D eigenvalue weighted by atomic mass is 31.2. The second-order valence-electron chi connectivity index (χ2n) is 9.54. The molecule has 2 fully saturated rings. The molecule has 3 rings (SSSR count). The molecule has 38 heavy (non-hydrogen) atoms. The lowest BCUT2D eigenvalue weighted by Crippen LogP contribution is -2.53. The molecule has 0 aromatic heterocycles. The highest BCUT2D eigenvalue weighted by molar-refractivity contribution is 7.51. The zero-order chi connectivity index (χ0) is 28.3. The van der Waals surface area contributed by atoms with Crippen LogP contribution >= 0.6 is 7.75 Å². The number of carbonyl (C=O) groups is 2. The van der Waals surface area contributed by atoms with Crippen LogP contribution in [0, 0.1) is 5.92 Å². The van der Waals surface area contributed by atoms with Crippen LogP contribution in [0.1, 0.15) is 40.5 Å². The van der Waals surface area contributed by atoms with Crippen molar-refractivity contribution in [3.8, 4) is 0 Å². The SMILES string of the molecule is CCOC(=O)COP(=O)(NC(CC(C)C)C(=O)OCC)OCC1OC2(O)CC2(N2C=CC(N)=NC2O)C1O. The van der Waals surface area contributed by atoms with E-state index in [2.05, 4.69) is 10.1 Å². The van der Waals surface area contributed by atoms with Gasteiger partial charge in [-0.25, -0.2) is 19.4 Å². The van der Waals surface area contributed by atoms with E-state index < -0.39 is 68.8 Å². The number of ether oxygens (including phenoxy) is 3. The molecule has 0 radical (unpaired) electrons. The number of hydrogen-bond donors (Lipinski definition) is 5. The Labute approximate surface area is 220 Å². The number of esters is 2. The van der Waals surface area contributed by atoms with Crippen molar-refractivity contribution in [1.82, 2.24) is 9.99 Å². The van der Waals surface area contributed by atoms with Gasteiger partial charge in [-0.3, -0.25) is 13.8 Å². The molecule has 1 saturated carbocycles. The maximum Gasteiger partial charge on any atom is 0.406 e. The van der Waals surface area contributed by atoms with E-state index in [9.17, 15) is 29.5 Å². The first-order chi connectivity index (χ1) is 17.8. The maximum atomic E-state index is 13.7. The molecule has 2 heterocycles. The monoisotopic (exact) mass is 564 g/mol. The summed E-state index contributed by atoms with van der Waals surface area (Å²) in [5.41, 5.74) is 4.13. The molecule has 1 saturated heterocycles. The lowest BCUT2D eigenvalue weighted by Gasteiger charge is -2.36. The van der Waals surface area contributed by atoms with Gasteiger partial charge in [0.2, 0.25) is 6.35 Å². The number of amidine groups is 1. The lowest BCUT2D eigenvalue weighted by molar-refractivity contribution is -0.156. The summed E-state index contributed by atoms with van der Waals surface area (Å²) in [5.74, 6) is -3.32. The normalized spacial score (nSPS) is 32.4. The standard InChI is InChI=1S/C22H37N4O11P/c1-5-33-17(27)11-36-38(32,25-14(9-13(3)4)19(29)34-6-2)35-10-15-18(28)21(12-22(21,31)37-15)26-8-7-16(23)24-20(26)30/h7-8,13-15,18,20,28,30-31H,5-6,9-12H2,1-4H3,(H2,23,24)(H,25,32). The molecule has 2 aliphatic heterocycles. The zero-order valence-corrected chi connectivity index (χ0v) is 22.7. The van der Waals surface area contributed by atoms with E-state index in [0.29, 0.717) is 0 Å². The van der Waals surface area contributed by atoms with E-state index in [4.69, 9.17) is 29.0 Å². The summed E-state index contributed by atoms with van der Waals surface area (Å²) in [4.78, 5) is 29.4. The van der Waals surface area contributed by atoms with Gasteiger partial charge in [-0.2, -0.15) is 0 Å². The molecule has 0 spiro atoms. The quantitative estimate of drug-likeness (QED) is 0.131. The topological polar surface area (TPSA) is 212 Å². The van der Waals surface area contributed by atoms with Crippen molar-refractivity contribution in [3.05, 3.63) is 12.3 Å². The van der Waals surface area contributed by atoms with E-state index in [1.165, 1.54) is 17.2 Å². The van der Waals surface area contributed by atoms with Gasteiger partial charge in [0.15, 0.2) is 12.4 Å². The number of rotatable bonds is 14. The Balaban J connectivity index is 1.75. The number of nitrogens with zero attached hydrogens (tertiary/aromatic N) is 2. The molecule has 7 atom stereocenters. The first-order valence-electron chi connectivity index (χ1n) is 12.4. The number of fused-ring (bicyclic) bond motifs is 1. The molecule has 0 amide bonds. The van der Waals surface area contributed by atoms with Crippen LogP contribution in [0.25, 0.3) is 0 Å². The van der Waals surface area contributed by atoms with Crippen molar-refractivity contribution in [2.45, 2.75) is 76.5 Å². The molecule has 6 N–H and O–H groups in total. The van der Waals surface area contributed by atoms with E-state index in [-0.39, 0.29) is 37.8 Å². The minimum Gasteiger partial charge on any atom is -0.465 e. The van der Waals surface area contributed by atoms with Gasteiger partial charge in [0.05, 0.1) is 19.8 Å². The van der Waals surface area contributed by atoms with Crippen molar-refractivity contribution in [2.75, 3.05) is 26.4 Å². The van der Waals surface area contributed by atoms with Crippen LogP contribution in [0.15, 0.2) is 17.3 Å². The molecule has 16 heteroatoms. The van der Waals surface area contributed by atoms with Crippen LogP contribution in [0.4, 0.5) is 0 Å². The molecule has 0 aromatic carbocycles. The van der Waals surface area contributed by atoms with Gasteiger partial charge in [0, 0.05) is 12.6 Å². The second-order valence-corrected chi connectivity index (χ2v) is 11.3. The summed E-state index contributed by atoms with van der Waals surface area (Å²) >= 11 is 0. The molecule has 0 bridgehead atoms. The number of nitrogens with two attached hydrogens (primary N) is 1. The van der Waals surface area contributed by atoms with Crippen molar-refractivity contribution < 1.29 is 52.7 Å². The predicted molar refractivity (Wildman–Crippen MR) is 131 cm³/mol. The Morgan fingerprint density at radius 3 is 2.58 bits per heavy atom. The van der Waals surface area contributed by atoms with Gasteiger partial charge in [-0.15, -0.1) is 0 Å². The Morgan fingerprint density at radius 2 is 1.97 bits per heavy atom. The fourth-order valence-corrected chi connectivity index (χ4v) is 5.97. The Kier molecular flexibility index (Phi) is 9.58. The van der Waals surface area contributed by atoms with Crippen LogP contribution in [0.5, 0.6) is 0 Å². The molecular formula is C22H37N4O11P. The fourth-order valence-electron chi connectivity index (χ4n) is 4.54. The van der Waals surface area contributed by atoms with Crippen LogP contribution in [-0.2, 0) is 37.4 Å². The highest BCUT2D eigenvalue weighted by Crippen LogP contribution is 2.62. The Bertz CT molecular complexity index is 994. The Hall–Kier alpha value is -2.10. The van der Waals surface area contributed by atoms with Crippen LogP contribution in [0.2, 0.25) is 0 Å². The highest BCUT2D eigenvalue weighted by Gasteiger charge is 2.82. The van der Waals surface area contributed by atoms with Gasteiger partial charge in [0.25, 0.3) is 0 Å². The molecule has 3 aliphatic rings. The number of aliphatic hydroxyl groups excluding tert-OH is 2. The van der Waals surface area contributed by atoms with E-state index >= 15 is 0 Å². The maximum absolute atomic E-state index is 13.7. The number of nitrogens with one attached hydrogen (secondary N) is 1. The molecular weight excluding hydrogens is 527 g/mol. The average molecular weight is 565 g/mol. The third kappa shape index (κ3) is 6.37. The summed E-state index contributed by atoms with van der Waals surface area (Å²) in [6.07, 6.45) is -1.21. The summed E-state index contributed by atoms with van der Waals surface area (Å²) in [6, 6.07) is -1.10.